The van der Waals surface area contributed by atoms with Gasteiger partial charge in [-0.05, 0) is 62.0 Å². The van der Waals surface area contributed by atoms with E-state index >= 15 is 0 Å². The fourth-order valence-electron chi connectivity index (χ4n) is 7.61. The van der Waals surface area contributed by atoms with Crippen molar-refractivity contribution in [2.75, 3.05) is 0 Å². The number of rotatable bonds is 5. The van der Waals surface area contributed by atoms with E-state index in [1.165, 1.54) is 58.6 Å². The molecule has 0 amide bonds. The maximum atomic E-state index is 5.29. The van der Waals surface area contributed by atoms with Crippen molar-refractivity contribution in [2.45, 2.75) is 0 Å². The molecule has 51 heavy (non-hydrogen) atoms. The predicted molar refractivity (Wildman–Crippen MR) is 217 cm³/mol. The summed E-state index contributed by atoms with van der Waals surface area (Å²) in [6.07, 6.45) is 0. The first-order valence-electron chi connectivity index (χ1n) is 17.2. The lowest BCUT2D eigenvalue weighted by Gasteiger charge is -2.16. The number of fused-ring (bicyclic) bond motifs is 5. The van der Waals surface area contributed by atoms with Gasteiger partial charge in [0.15, 0.2) is 5.82 Å². The molecule has 0 fully saturated rings. The molecule has 0 unspecified atom stereocenters. The molecule has 2 nitrogen and oxygen atoms in total. The van der Waals surface area contributed by atoms with Crippen LogP contribution in [0.25, 0.3) is 97.9 Å². The third-order valence-electron chi connectivity index (χ3n) is 9.92. The molecule has 2 heterocycles. The van der Waals surface area contributed by atoms with Crippen LogP contribution in [0.3, 0.4) is 0 Å². The molecular formula is C48H30N2S. The summed E-state index contributed by atoms with van der Waals surface area (Å²) in [6, 6.07) is 64.9. The van der Waals surface area contributed by atoms with Crippen molar-refractivity contribution in [1.29, 1.82) is 0 Å². The highest BCUT2D eigenvalue weighted by Crippen LogP contribution is 2.44. The third kappa shape index (κ3) is 5.01. The molecule has 3 heteroatoms. The quantitative estimate of drug-likeness (QED) is 0.183. The Balaban J connectivity index is 1.22. The molecule has 8 aromatic carbocycles. The molecule has 0 aliphatic carbocycles. The van der Waals surface area contributed by atoms with Crippen LogP contribution in [-0.4, -0.2) is 9.97 Å². The van der Waals surface area contributed by atoms with Gasteiger partial charge in [-0.3, -0.25) is 0 Å². The summed E-state index contributed by atoms with van der Waals surface area (Å²) in [4.78, 5) is 10.6. The largest absolute Gasteiger partial charge is 0.228 e. The van der Waals surface area contributed by atoms with Gasteiger partial charge < -0.3 is 0 Å². The molecule has 10 rings (SSSR count). The van der Waals surface area contributed by atoms with Crippen LogP contribution in [0.5, 0.6) is 0 Å². The van der Waals surface area contributed by atoms with Crippen LogP contribution in [0.15, 0.2) is 182 Å². The van der Waals surface area contributed by atoms with Crippen molar-refractivity contribution < 1.29 is 0 Å². The number of hydrogen-bond donors (Lipinski definition) is 0. The summed E-state index contributed by atoms with van der Waals surface area (Å²) in [5.74, 6) is 0.708. The fraction of sp³-hybridized carbons (Fsp3) is 0. The lowest BCUT2D eigenvalue weighted by atomic mass is 9.90. The fourth-order valence-corrected chi connectivity index (χ4v) is 8.74. The summed E-state index contributed by atoms with van der Waals surface area (Å²) in [5, 5.41) is 7.36. The molecule has 0 aliphatic heterocycles. The van der Waals surface area contributed by atoms with Crippen molar-refractivity contribution in [3.63, 3.8) is 0 Å². The van der Waals surface area contributed by atoms with Crippen molar-refractivity contribution in [3.05, 3.63) is 182 Å². The second-order valence-corrected chi connectivity index (χ2v) is 14.0. The number of thiophene rings is 1. The third-order valence-corrected chi connectivity index (χ3v) is 11.1. The zero-order valence-corrected chi connectivity index (χ0v) is 28.4. The van der Waals surface area contributed by atoms with Crippen LogP contribution in [0, 0.1) is 0 Å². The zero-order valence-electron chi connectivity index (χ0n) is 27.6. The molecule has 0 saturated carbocycles. The van der Waals surface area contributed by atoms with Gasteiger partial charge in [-0.15, -0.1) is 11.3 Å². The van der Waals surface area contributed by atoms with Gasteiger partial charge in [0.1, 0.15) is 0 Å². The molecule has 0 aliphatic rings. The van der Waals surface area contributed by atoms with Crippen molar-refractivity contribution in [2.24, 2.45) is 0 Å². The molecule has 10 aromatic rings. The highest BCUT2D eigenvalue weighted by atomic mass is 32.1. The van der Waals surface area contributed by atoms with E-state index in [4.69, 9.17) is 9.97 Å². The smallest absolute Gasteiger partial charge is 0.160 e. The maximum Gasteiger partial charge on any atom is 0.160 e. The number of aromatic nitrogens is 2. The Hall–Kier alpha value is -6.42. The van der Waals surface area contributed by atoms with E-state index < -0.39 is 0 Å². The van der Waals surface area contributed by atoms with Crippen LogP contribution in [-0.2, 0) is 0 Å². The van der Waals surface area contributed by atoms with E-state index in [-0.39, 0.29) is 0 Å². The molecule has 0 spiro atoms. The standard InChI is InChI=1S/C48H30N2S/c1-3-14-31(15-4-1)34-23-11-18-32-19-12-25-40(46(32)34)43-30-42(49-48(50-43)33-16-5-2-6-17-33)38-29-28-37(35-20-7-8-21-36(35)38)39-24-13-27-45-47(39)41-22-9-10-26-44(41)51-45/h1-30H. The minimum absolute atomic E-state index is 0.708. The molecule has 0 bridgehead atoms. The second-order valence-electron chi connectivity index (χ2n) is 12.9. The topological polar surface area (TPSA) is 25.8 Å². The van der Waals surface area contributed by atoms with Gasteiger partial charge in [-0.25, -0.2) is 9.97 Å². The van der Waals surface area contributed by atoms with E-state index in [2.05, 4.69) is 176 Å². The van der Waals surface area contributed by atoms with E-state index in [9.17, 15) is 0 Å². The van der Waals surface area contributed by atoms with Gasteiger partial charge in [0.25, 0.3) is 0 Å². The molecule has 0 radical (unpaired) electrons. The molecular weight excluding hydrogens is 637 g/mol. The molecule has 0 N–H and O–H groups in total. The number of benzene rings is 8. The van der Waals surface area contributed by atoms with Gasteiger partial charge in [-0.2, -0.15) is 0 Å². The second kappa shape index (κ2) is 12.2. The highest BCUT2D eigenvalue weighted by molar-refractivity contribution is 7.25. The van der Waals surface area contributed by atoms with Gasteiger partial charge in [0, 0.05) is 36.9 Å². The van der Waals surface area contributed by atoms with Crippen LogP contribution in [0.1, 0.15) is 0 Å². The van der Waals surface area contributed by atoms with Crippen LogP contribution >= 0.6 is 11.3 Å². The van der Waals surface area contributed by atoms with Gasteiger partial charge in [0.05, 0.1) is 11.4 Å². The van der Waals surface area contributed by atoms with Crippen molar-refractivity contribution in [3.8, 4) is 56.2 Å². The predicted octanol–water partition coefficient (Wildman–Crippen LogP) is 13.5. The first-order valence-corrected chi connectivity index (χ1v) is 18.1. The Kier molecular flexibility index (Phi) is 7.04. The Morgan fingerprint density at radius 1 is 0.333 bits per heavy atom. The Morgan fingerprint density at radius 3 is 1.65 bits per heavy atom. The summed E-state index contributed by atoms with van der Waals surface area (Å²) in [6.45, 7) is 0. The van der Waals surface area contributed by atoms with E-state index in [1.54, 1.807) is 0 Å². The summed E-state index contributed by atoms with van der Waals surface area (Å²) < 4.78 is 2.62. The van der Waals surface area contributed by atoms with Crippen LogP contribution in [0.2, 0.25) is 0 Å². The average Bonchev–Trinajstić information content (AvgIpc) is 3.60. The van der Waals surface area contributed by atoms with Crippen molar-refractivity contribution >= 4 is 53.1 Å². The first kappa shape index (κ1) is 29.5. The van der Waals surface area contributed by atoms with Gasteiger partial charge >= 0.3 is 0 Å². The van der Waals surface area contributed by atoms with Crippen LogP contribution in [0.4, 0.5) is 0 Å². The number of nitrogens with zero attached hydrogens (tertiary/aromatic N) is 2. The molecule has 0 saturated heterocycles. The minimum atomic E-state index is 0.708. The SMILES string of the molecule is c1ccc(-c2nc(-c3ccc(-c4cccc5sc6ccccc6c45)c4ccccc34)cc(-c3cccc4cccc(-c5ccccc5)c34)n2)cc1. The van der Waals surface area contributed by atoms with Gasteiger partial charge in [0.2, 0.25) is 0 Å². The maximum absolute atomic E-state index is 5.29. The van der Waals surface area contributed by atoms with Crippen LogP contribution < -0.4 is 0 Å². The number of hydrogen-bond acceptors (Lipinski definition) is 3. The lowest BCUT2D eigenvalue weighted by molar-refractivity contribution is 1.19. The summed E-state index contributed by atoms with van der Waals surface area (Å²) in [5.41, 5.74) is 9.81. The van der Waals surface area contributed by atoms with E-state index in [1.807, 2.05) is 17.4 Å². The summed E-state index contributed by atoms with van der Waals surface area (Å²) >= 11 is 1.86. The van der Waals surface area contributed by atoms with E-state index in [0.29, 0.717) is 5.82 Å². The lowest BCUT2D eigenvalue weighted by Crippen LogP contribution is -1.97. The highest BCUT2D eigenvalue weighted by Gasteiger charge is 2.18. The van der Waals surface area contributed by atoms with Crippen molar-refractivity contribution in [1.82, 2.24) is 9.97 Å². The Labute approximate surface area is 300 Å². The van der Waals surface area contributed by atoms with Gasteiger partial charge in [-0.1, -0.05) is 164 Å². The Morgan fingerprint density at radius 2 is 0.882 bits per heavy atom. The zero-order chi connectivity index (χ0) is 33.7. The Bertz CT molecular complexity index is 2900. The average molecular weight is 667 g/mol. The first-order chi connectivity index (χ1) is 25.3. The molecule has 2 aromatic heterocycles. The molecule has 0 atom stereocenters. The summed E-state index contributed by atoms with van der Waals surface area (Å²) in [7, 11) is 0. The monoisotopic (exact) mass is 666 g/mol. The normalized spacial score (nSPS) is 11.5. The van der Waals surface area contributed by atoms with E-state index in [0.717, 1.165) is 33.5 Å². The molecule has 238 valence electrons. The minimum Gasteiger partial charge on any atom is -0.228 e.